The van der Waals surface area contributed by atoms with Gasteiger partial charge in [0.25, 0.3) is 0 Å². The summed E-state index contributed by atoms with van der Waals surface area (Å²) in [5.41, 5.74) is 7.11. The van der Waals surface area contributed by atoms with Gasteiger partial charge in [-0.2, -0.15) is 15.7 Å². The van der Waals surface area contributed by atoms with Crippen LogP contribution in [0.3, 0.4) is 0 Å². The van der Waals surface area contributed by atoms with E-state index in [2.05, 4.69) is 69.5 Å². The minimum Gasteiger partial charge on any atom is -0.334 e. The van der Waals surface area contributed by atoms with Crippen LogP contribution in [0.5, 0.6) is 0 Å². The zero-order valence-corrected chi connectivity index (χ0v) is 19.3. The van der Waals surface area contributed by atoms with Crippen LogP contribution < -0.4 is 10.9 Å². The molecule has 3 rings (SSSR count). The Bertz CT molecular complexity index is 950. The molecule has 0 atom stereocenters. The molecule has 0 unspecified atom stereocenters. The molecule has 6 nitrogen and oxygen atoms in total. The van der Waals surface area contributed by atoms with Crippen LogP contribution in [0.15, 0.2) is 65.1 Å². The van der Waals surface area contributed by atoms with Crippen LogP contribution in [-0.2, 0) is 6.54 Å². The summed E-state index contributed by atoms with van der Waals surface area (Å²) in [6.45, 7) is 16.3. The van der Waals surface area contributed by atoms with E-state index < -0.39 is 0 Å². The highest BCUT2D eigenvalue weighted by atomic mass is 35.5. The molecule has 7 heteroatoms. The number of hydrogen-bond acceptors (Lipinski definition) is 5. The Hall–Kier alpha value is -2.70. The summed E-state index contributed by atoms with van der Waals surface area (Å²) < 4.78 is 2.27. The second-order valence-corrected chi connectivity index (χ2v) is 7.58. The van der Waals surface area contributed by atoms with Gasteiger partial charge >= 0.3 is 0 Å². The lowest BCUT2D eigenvalue weighted by molar-refractivity contribution is 0.461. The number of piperidine rings is 1. The molecule has 1 saturated heterocycles. The number of pyridine rings is 1. The molecule has 166 valence electrons. The maximum atomic E-state index is 6.26. The first kappa shape index (κ1) is 24.6. The molecule has 2 aromatic heterocycles. The molecule has 1 aliphatic heterocycles. The van der Waals surface area contributed by atoms with Gasteiger partial charge in [-0.05, 0) is 62.9 Å². The van der Waals surface area contributed by atoms with Crippen molar-refractivity contribution in [2.75, 3.05) is 13.1 Å². The van der Waals surface area contributed by atoms with Crippen molar-refractivity contribution < 1.29 is 0 Å². The van der Waals surface area contributed by atoms with Crippen LogP contribution in [0.2, 0.25) is 0 Å². The van der Waals surface area contributed by atoms with Crippen molar-refractivity contribution in [2.24, 2.45) is 10.2 Å². The minimum absolute atomic E-state index is 0.479. The highest BCUT2D eigenvalue weighted by molar-refractivity contribution is 6.31. The number of nitrogens with one attached hydrogen (secondary N) is 2. The van der Waals surface area contributed by atoms with Crippen LogP contribution in [0, 0.1) is 0 Å². The highest BCUT2D eigenvalue weighted by Crippen LogP contribution is 2.36. The summed E-state index contributed by atoms with van der Waals surface area (Å²) in [5.74, 6) is 0.479. The molecule has 0 aromatic carbocycles. The van der Waals surface area contributed by atoms with Crippen molar-refractivity contribution in [1.82, 2.24) is 20.4 Å². The van der Waals surface area contributed by atoms with E-state index in [9.17, 15) is 0 Å². The van der Waals surface area contributed by atoms with E-state index in [-0.39, 0.29) is 0 Å². The number of hydrogen-bond donors (Lipinski definition) is 2. The Balaban J connectivity index is 0.00000166. The van der Waals surface area contributed by atoms with E-state index in [1.54, 1.807) is 0 Å². The normalized spacial score (nSPS) is 15.7. The number of halogens is 1. The van der Waals surface area contributed by atoms with Gasteiger partial charge in [0.2, 0.25) is 0 Å². The molecule has 2 N–H and O–H groups in total. The van der Waals surface area contributed by atoms with Crippen LogP contribution in [0.25, 0.3) is 10.9 Å². The van der Waals surface area contributed by atoms with Crippen molar-refractivity contribution in [3.8, 4) is 0 Å². The number of hydrazone groups is 2. The predicted octanol–water partition coefficient (Wildman–Crippen LogP) is 5.32. The van der Waals surface area contributed by atoms with Crippen LogP contribution >= 0.6 is 11.6 Å². The zero-order chi connectivity index (χ0) is 22.6. The molecule has 0 saturated carbocycles. The first-order chi connectivity index (χ1) is 15.2. The van der Waals surface area contributed by atoms with Gasteiger partial charge in [-0.15, -0.1) is 13.2 Å². The van der Waals surface area contributed by atoms with Crippen LogP contribution in [-0.4, -0.2) is 35.1 Å². The number of allylic oxidation sites excluding steroid dienone is 4. The number of aromatic nitrogens is 2. The first-order valence-corrected chi connectivity index (χ1v) is 11.0. The fourth-order valence-electron chi connectivity index (χ4n) is 4.02. The van der Waals surface area contributed by atoms with Gasteiger partial charge in [-0.25, -0.2) is 0 Å². The van der Waals surface area contributed by atoms with Crippen LogP contribution in [0.1, 0.15) is 50.3 Å². The molecule has 0 bridgehead atoms. The Morgan fingerprint density at radius 1 is 1.39 bits per heavy atom. The molecule has 1 aliphatic rings. The summed E-state index contributed by atoms with van der Waals surface area (Å²) in [6.07, 6.45) is 13.0. The summed E-state index contributed by atoms with van der Waals surface area (Å²) in [6, 6.07) is 2.12. The van der Waals surface area contributed by atoms with E-state index in [0.29, 0.717) is 12.5 Å². The molecule has 0 radical (unpaired) electrons. The lowest BCUT2D eigenvalue weighted by Gasteiger charge is -2.24. The fourth-order valence-corrected chi connectivity index (χ4v) is 4.27. The van der Waals surface area contributed by atoms with Gasteiger partial charge < -0.3 is 9.88 Å². The lowest BCUT2D eigenvalue weighted by Crippen LogP contribution is -2.27. The second-order valence-electron chi connectivity index (χ2n) is 7.14. The van der Waals surface area contributed by atoms with E-state index in [1.807, 2.05) is 31.5 Å². The van der Waals surface area contributed by atoms with E-state index in [1.165, 1.54) is 10.9 Å². The topological polar surface area (TPSA) is 66.6 Å². The monoisotopic (exact) mass is 440 g/mol. The molecular weight excluding hydrogens is 408 g/mol. The largest absolute Gasteiger partial charge is 0.334 e. The molecule has 0 aliphatic carbocycles. The Morgan fingerprint density at radius 3 is 2.81 bits per heavy atom. The third kappa shape index (κ3) is 6.15. The quantitative estimate of drug-likeness (QED) is 0.252. The molecule has 0 spiro atoms. The number of rotatable bonds is 8. The molecule has 31 heavy (non-hydrogen) atoms. The van der Waals surface area contributed by atoms with Gasteiger partial charge in [0, 0.05) is 29.9 Å². The van der Waals surface area contributed by atoms with Crippen molar-refractivity contribution in [1.29, 1.82) is 0 Å². The fraction of sp³-hybridized carbons (Fsp3) is 0.375. The second kappa shape index (κ2) is 12.9. The van der Waals surface area contributed by atoms with Crippen molar-refractivity contribution in [3.63, 3.8) is 0 Å². The molecular formula is C24H33ClN6. The Kier molecular flexibility index (Phi) is 10.2. The Morgan fingerprint density at radius 2 is 2.13 bits per heavy atom. The van der Waals surface area contributed by atoms with Gasteiger partial charge in [0.15, 0.2) is 0 Å². The first-order valence-electron chi connectivity index (χ1n) is 10.6. The summed E-state index contributed by atoms with van der Waals surface area (Å²) >= 11 is 6.26. The SMILES string of the molecule is C=C.C=NN/N=C(\C)c1c(C2CCNCC2)c2ccncc2n1C/C=C\C(Cl)=C/CC. The molecule has 1 fully saturated rings. The average Bonchev–Trinajstić information content (AvgIpc) is 3.14. The smallest absolute Gasteiger partial charge is 0.0832 e. The van der Waals surface area contributed by atoms with Gasteiger partial charge in [0.1, 0.15) is 0 Å². The van der Waals surface area contributed by atoms with Crippen molar-refractivity contribution in [2.45, 2.75) is 45.6 Å². The standard InChI is InChI=1S/C22H29ClN6.C2H4/c1-4-6-18(23)7-5-14-29-20-15-26-13-10-19(20)21(17-8-11-25-12-9-17)22(29)16(2)27-28-24-3;1-2/h5-7,10,13,15,17,25,28H,3-4,8-9,11-12,14H2,1-2H3;1-2H2/b7-5-,18-6+,27-16+;. The number of nitrogens with zero attached hydrogens (tertiary/aromatic N) is 4. The van der Waals surface area contributed by atoms with Crippen molar-refractivity contribution in [3.05, 3.63) is 66.1 Å². The van der Waals surface area contributed by atoms with E-state index in [4.69, 9.17) is 11.6 Å². The maximum absolute atomic E-state index is 6.26. The molecule has 3 heterocycles. The van der Waals surface area contributed by atoms with Gasteiger partial charge in [-0.3, -0.25) is 4.98 Å². The third-order valence-corrected chi connectivity index (χ3v) is 5.53. The summed E-state index contributed by atoms with van der Waals surface area (Å²) in [5, 5.41) is 13.6. The zero-order valence-electron chi connectivity index (χ0n) is 18.6. The Labute approximate surface area is 190 Å². The third-order valence-electron chi connectivity index (χ3n) is 5.25. The van der Waals surface area contributed by atoms with E-state index in [0.717, 1.165) is 54.3 Å². The van der Waals surface area contributed by atoms with Crippen LogP contribution in [0.4, 0.5) is 0 Å². The molecule has 0 amide bonds. The lowest BCUT2D eigenvalue weighted by atomic mass is 9.87. The van der Waals surface area contributed by atoms with Crippen molar-refractivity contribution >= 4 is 34.9 Å². The minimum atomic E-state index is 0.479. The maximum Gasteiger partial charge on any atom is 0.0832 e. The van der Waals surface area contributed by atoms with Gasteiger partial charge in [0.05, 0.1) is 23.1 Å². The summed E-state index contributed by atoms with van der Waals surface area (Å²) in [4.78, 5) is 4.39. The number of fused-ring (bicyclic) bond motifs is 1. The predicted molar refractivity (Wildman–Crippen MR) is 134 cm³/mol. The van der Waals surface area contributed by atoms with E-state index >= 15 is 0 Å². The van der Waals surface area contributed by atoms with Gasteiger partial charge in [-0.1, -0.05) is 30.7 Å². The summed E-state index contributed by atoms with van der Waals surface area (Å²) in [7, 11) is 0. The highest BCUT2D eigenvalue weighted by Gasteiger charge is 2.26. The average molecular weight is 441 g/mol. The molecule has 2 aromatic rings.